The van der Waals surface area contributed by atoms with Crippen molar-refractivity contribution < 1.29 is 19.2 Å². The van der Waals surface area contributed by atoms with E-state index in [1.807, 2.05) is 19.9 Å². The maximum atomic E-state index is 13.0. The maximum Gasteiger partial charge on any atom is 0.269 e. The van der Waals surface area contributed by atoms with Gasteiger partial charge in [-0.3, -0.25) is 14.9 Å². The normalized spacial score (nSPS) is 16.9. The molecule has 0 spiro atoms. The Kier molecular flexibility index (Phi) is 4.73. The van der Waals surface area contributed by atoms with E-state index in [2.05, 4.69) is 0 Å². The molecule has 7 nitrogen and oxygen atoms in total. The zero-order chi connectivity index (χ0) is 21.5. The molecule has 1 unspecified atom stereocenters. The van der Waals surface area contributed by atoms with Gasteiger partial charge < -0.3 is 9.94 Å². The Morgan fingerprint density at radius 3 is 2.47 bits per heavy atom. The van der Waals surface area contributed by atoms with Crippen LogP contribution in [0.5, 0.6) is 5.75 Å². The summed E-state index contributed by atoms with van der Waals surface area (Å²) in [7, 11) is 0. The number of hydrogen-bond donors (Lipinski definition) is 0. The van der Waals surface area contributed by atoms with Crippen molar-refractivity contribution in [3.8, 4) is 5.75 Å². The van der Waals surface area contributed by atoms with Crippen molar-refractivity contribution in [1.29, 1.82) is 0 Å². The Labute approximate surface area is 173 Å². The van der Waals surface area contributed by atoms with Crippen LogP contribution in [0.25, 0.3) is 0 Å². The zero-order valence-corrected chi connectivity index (χ0v) is 16.6. The number of non-ortho nitro benzene ring substituents is 1. The molecule has 152 valence electrons. The molecule has 0 fully saturated rings. The van der Waals surface area contributed by atoms with Gasteiger partial charge in [0.1, 0.15) is 11.4 Å². The summed E-state index contributed by atoms with van der Waals surface area (Å²) in [6.45, 7) is 3.94. The largest absolute Gasteiger partial charge is 0.618 e. The summed E-state index contributed by atoms with van der Waals surface area (Å²) in [5.41, 5.74) is 1.62. The average Bonchev–Trinajstić information content (AvgIpc) is 2.72. The number of carbonyl (C=O) groups is 1. The first-order valence-electron chi connectivity index (χ1n) is 9.55. The lowest BCUT2D eigenvalue weighted by Gasteiger charge is -2.37. The number of rotatable bonds is 4. The molecule has 0 bridgehead atoms. The van der Waals surface area contributed by atoms with E-state index in [0.717, 1.165) is 10.3 Å². The molecule has 0 N–H and O–H groups in total. The number of benzene rings is 2. The highest BCUT2D eigenvalue weighted by molar-refractivity contribution is 6.09. The van der Waals surface area contributed by atoms with Crippen molar-refractivity contribution in [3.05, 3.63) is 105 Å². The number of ether oxygens (including phenoxy) is 1. The van der Waals surface area contributed by atoms with Crippen LogP contribution in [-0.2, 0) is 0 Å². The first-order chi connectivity index (χ1) is 14.2. The van der Waals surface area contributed by atoms with Crippen LogP contribution in [0.15, 0.2) is 66.9 Å². The van der Waals surface area contributed by atoms with E-state index >= 15 is 0 Å². The van der Waals surface area contributed by atoms with Crippen molar-refractivity contribution in [2.75, 3.05) is 0 Å². The Balaban J connectivity index is 1.75. The summed E-state index contributed by atoms with van der Waals surface area (Å²) in [6, 6.07) is 16.0. The quantitative estimate of drug-likeness (QED) is 0.214. The predicted octanol–water partition coefficient (Wildman–Crippen LogP) is 4.15. The van der Waals surface area contributed by atoms with E-state index in [1.54, 1.807) is 30.3 Å². The number of ketones is 1. The number of aromatic nitrogens is 1. The van der Waals surface area contributed by atoms with Gasteiger partial charge in [0.2, 0.25) is 5.69 Å². The molecule has 1 aliphatic rings. The van der Waals surface area contributed by atoms with Crippen LogP contribution in [0.3, 0.4) is 0 Å². The van der Waals surface area contributed by atoms with Crippen molar-refractivity contribution in [3.63, 3.8) is 0 Å². The summed E-state index contributed by atoms with van der Waals surface area (Å²) < 4.78 is 6.94. The standard InChI is InChI=1S/C23H20N2O5/c1-23(2)14-19(20-5-3-4-12-24(20)27)18-13-16(8-11-21(18)30-23)22(26)15-6-9-17(10-7-15)25(28)29/h3-13,19H,14H2,1-2H3. The highest BCUT2D eigenvalue weighted by Crippen LogP contribution is 2.43. The molecule has 1 atom stereocenters. The second kappa shape index (κ2) is 7.26. The summed E-state index contributed by atoms with van der Waals surface area (Å²) in [6.07, 6.45) is 2.05. The van der Waals surface area contributed by atoms with Crippen LogP contribution < -0.4 is 9.47 Å². The number of nitrogens with zero attached hydrogens (tertiary/aromatic N) is 2. The topological polar surface area (TPSA) is 96.4 Å². The number of hydrogen-bond acceptors (Lipinski definition) is 5. The van der Waals surface area contributed by atoms with Gasteiger partial charge in [0, 0.05) is 47.4 Å². The molecule has 0 aliphatic carbocycles. The van der Waals surface area contributed by atoms with Gasteiger partial charge in [-0.05, 0) is 50.2 Å². The summed E-state index contributed by atoms with van der Waals surface area (Å²) >= 11 is 0. The van der Waals surface area contributed by atoms with E-state index in [9.17, 15) is 20.1 Å². The summed E-state index contributed by atoms with van der Waals surface area (Å²) in [4.78, 5) is 23.3. The Morgan fingerprint density at radius 2 is 1.80 bits per heavy atom. The van der Waals surface area contributed by atoms with Crippen molar-refractivity contribution in [1.82, 2.24) is 0 Å². The molecule has 7 heteroatoms. The number of fused-ring (bicyclic) bond motifs is 1. The van der Waals surface area contributed by atoms with Gasteiger partial charge in [-0.25, -0.2) is 0 Å². The van der Waals surface area contributed by atoms with Gasteiger partial charge >= 0.3 is 0 Å². The Bertz CT molecular complexity index is 1140. The fourth-order valence-corrected chi connectivity index (χ4v) is 3.87. The molecule has 0 radical (unpaired) electrons. The van der Waals surface area contributed by atoms with E-state index in [1.165, 1.54) is 30.5 Å². The lowest BCUT2D eigenvalue weighted by Crippen LogP contribution is -2.40. The predicted molar refractivity (Wildman–Crippen MR) is 110 cm³/mol. The van der Waals surface area contributed by atoms with Crippen molar-refractivity contribution in [2.45, 2.75) is 31.8 Å². The van der Waals surface area contributed by atoms with Gasteiger partial charge in [-0.2, -0.15) is 4.73 Å². The van der Waals surface area contributed by atoms with Gasteiger partial charge in [0.25, 0.3) is 5.69 Å². The fourth-order valence-electron chi connectivity index (χ4n) is 3.87. The van der Waals surface area contributed by atoms with Gasteiger partial charge in [-0.15, -0.1) is 0 Å². The molecule has 1 aliphatic heterocycles. The molecular weight excluding hydrogens is 384 g/mol. The SMILES string of the molecule is CC1(C)CC(c2cccc[n+]2[O-])c2cc(C(=O)c3ccc([N+](=O)[O-])cc3)ccc2O1. The third kappa shape index (κ3) is 3.61. The van der Waals surface area contributed by atoms with Crippen LogP contribution in [0, 0.1) is 15.3 Å². The zero-order valence-electron chi connectivity index (χ0n) is 16.6. The fraction of sp³-hybridized carbons (Fsp3) is 0.217. The van der Waals surface area contributed by atoms with Gasteiger partial charge in [0.05, 0.1) is 10.8 Å². The maximum absolute atomic E-state index is 13.0. The van der Waals surface area contributed by atoms with E-state index < -0.39 is 10.5 Å². The second-order valence-corrected chi connectivity index (χ2v) is 7.96. The molecule has 4 rings (SSSR count). The molecule has 2 heterocycles. The minimum absolute atomic E-state index is 0.0724. The molecule has 1 aromatic heterocycles. The van der Waals surface area contributed by atoms with E-state index in [4.69, 9.17) is 4.74 Å². The highest BCUT2D eigenvalue weighted by atomic mass is 16.6. The molecule has 0 saturated carbocycles. The second-order valence-electron chi connectivity index (χ2n) is 7.96. The smallest absolute Gasteiger partial charge is 0.269 e. The van der Waals surface area contributed by atoms with Crippen LogP contribution in [-0.4, -0.2) is 16.3 Å². The highest BCUT2D eigenvalue weighted by Gasteiger charge is 2.38. The third-order valence-electron chi connectivity index (χ3n) is 5.28. The first-order valence-corrected chi connectivity index (χ1v) is 9.55. The van der Waals surface area contributed by atoms with E-state index in [-0.39, 0.29) is 17.4 Å². The van der Waals surface area contributed by atoms with Crippen LogP contribution in [0.4, 0.5) is 5.69 Å². The summed E-state index contributed by atoms with van der Waals surface area (Å²) in [5, 5.41) is 23.3. The third-order valence-corrected chi connectivity index (χ3v) is 5.28. The number of nitro groups is 1. The molecule has 3 aromatic rings. The first kappa shape index (κ1) is 19.6. The number of pyridine rings is 1. The summed E-state index contributed by atoms with van der Waals surface area (Å²) in [5.74, 6) is 0.159. The Hall–Kier alpha value is -3.74. The molecule has 0 saturated heterocycles. The van der Waals surface area contributed by atoms with Gasteiger partial charge in [0.15, 0.2) is 12.0 Å². The molecular formula is C23H20N2O5. The number of carbonyl (C=O) groups excluding carboxylic acids is 1. The Morgan fingerprint density at radius 1 is 1.10 bits per heavy atom. The number of nitro benzene ring substituents is 1. The van der Waals surface area contributed by atoms with Crippen LogP contribution in [0.1, 0.15) is 53.4 Å². The average molecular weight is 404 g/mol. The molecule has 0 amide bonds. The molecule has 30 heavy (non-hydrogen) atoms. The van der Waals surface area contributed by atoms with Gasteiger partial charge in [-0.1, -0.05) is 0 Å². The van der Waals surface area contributed by atoms with Crippen LogP contribution >= 0.6 is 0 Å². The minimum Gasteiger partial charge on any atom is -0.618 e. The van der Waals surface area contributed by atoms with Crippen LogP contribution in [0.2, 0.25) is 0 Å². The lowest BCUT2D eigenvalue weighted by atomic mass is 9.81. The minimum atomic E-state index is -0.505. The molecule has 2 aromatic carbocycles. The van der Waals surface area contributed by atoms with Crippen molar-refractivity contribution >= 4 is 11.5 Å². The van der Waals surface area contributed by atoms with E-state index in [0.29, 0.717) is 29.0 Å². The van der Waals surface area contributed by atoms with Crippen molar-refractivity contribution in [2.24, 2.45) is 0 Å². The lowest BCUT2D eigenvalue weighted by molar-refractivity contribution is -0.615. The monoisotopic (exact) mass is 404 g/mol.